The molecule has 10 heteroatoms. The van der Waals surface area contributed by atoms with Gasteiger partial charge in [0.2, 0.25) is 5.91 Å². The molecule has 0 fully saturated rings. The van der Waals surface area contributed by atoms with E-state index in [-0.39, 0.29) is 37.0 Å². The third-order valence-electron chi connectivity index (χ3n) is 7.29. The first-order valence-corrected chi connectivity index (χ1v) is 14.1. The van der Waals surface area contributed by atoms with Gasteiger partial charge in [-0.05, 0) is 39.3 Å². The van der Waals surface area contributed by atoms with E-state index in [1.807, 2.05) is 13.0 Å². The minimum Gasteiger partial charge on any atom is -0.410 e. The van der Waals surface area contributed by atoms with Gasteiger partial charge >= 0.3 is 6.09 Å². The highest BCUT2D eigenvalue weighted by molar-refractivity contribution is 7.19. The predicted molar refractivity (Wildman–Crippen MR) is 154 cm³/mol. The number of hydrogen-bond acceptors (Lipinski definition) is 8. The Hall–Kier alpha value is -3.84. The molecule has 0 spiro atoms. The third kappa shape index (κ3) is 6.65. The number of likely N-dealkylation sites (N-methyl/N-ethyl adjacent to an activating group) is 1. The third-order valence-corrected chi connectivity index (χ3v) is 8.21. The molecule has 212 valence electrons. The second-order valence-electron chi connectivity index (χ2n) is 10.8. The second kappa shape index (κ2) is 12.6. The average molecular weight is 565 g/mol. The van der Waals surface area contributed by atoms with E-state index < -0.39 is 11.5 Å². The summed E-state index contributed by atoms with van der Waals surface area (Å²) in [6.07, 6.45) is 1.17. The Labute approximate surface area is 239 Å². The monoisotopic (exact) mass is 564 g/mol. The van der Waals surface area contributed by atoms with Crippen molar-refractivity contribution >= 4 is 45.1 Å². The van der Waals surface area contributed by atoms with Gasteiger partial charge in [0.1, 0.15) is 11.8 Å². The maximum absolute atomic E-state index is 13.2. The number of ether oxygens (including phenoxy) is 1. The summed E-state index contributed by atoms with van der Waals surface area (Å²) >= 11 is 1.23. The van der Waals surface area contributed by atoms with Crippen molar-refractivity contribution < 1.29 is 23.9 Å². The molecule has 0 N–H and O–H groups in total. The summed E-state index contributed by atoms with van der Waals surface area (Å²) < 4.78 is 6.38. The molecular weight excluding hydrogens is 528 g/mol. The molecule has 1 aliphatic carbocycles. The van der Waals surface area contributed by atoms with Gasteiger partial charge < -0.3 is 14.5 Å². The number of carbonyl (C=O) groups excluding carboxylic acids is 4. The van der Waals surface area contributed by atoms with Crippen LogP contribution in [-0.4, -0.2) is 65.0 Å². The van der Waals surface area contributed by atoms with Crippen molar-refractivity contribution in [2.45, 2.75) is 60.8 Å². The molecule has 40 heavy (non-hydrogen) atoms. The van der Waals surface area contributed by atoms with Crippen LogP contribution in [0.5, 0.6) is 5.75 Å². The summed E-state index contributed by atoms with van der Waals surface area (Å²) in [5.74, 6) is -0.189. The number of carbonyl (C=O) groups is 4. The smallest absolute Gasteiger partial charge is 0.410 e. The van der Waals surface area contributed by atoms with Gasteiger partial charge in [0.05, 0.1) is 10.2 Å². The Kier molecular flexibility index (Phi) is 9.64. The summed E-state index contributed by atoms with van der Waals surface area (Å²) in [4.78, 5) is 59.3. The molecule has 1 aromatic carbocycles. The number of benzene rings is 1. The van der Waals surface area contributed by atoms with Crippen LogP contribution in [0.15, 0.2) is 40.5 Å². The Morgan fingerprint density at radius 3 is 2.38 bits per heavy atom. The maximum atomic E-state index is 13.2. The summed E-state index contributed by atoms with van der Waals surface area (Å²) in [6.45, 7) is 11.6. The number of hydrogen-bond donors (Lipinski definition) is 0. The van der Waals surface area contributed by atoms with Crippen molar-refractivity contribution in [3.05, 3.63) is 45.5 Å². The number of amides is 2. The van der Waals surface area contributed by atoms with Crippen molar-refractivity contribution in [2.75, 3.05) is 26.7 Å². The molecule has 3 rings (SSSR count). The van der Waals surface area contributed by atoms with E-state index >= 15 is 0 Å². The number of Topliss-reactive ketones (excluding diaryl/α,β-unsaturated/α-hetero) is 2. The van der Waals surface area contributed by atoms with E-state index in [9.17, 15) is 19.2 Å². The van der Waals surface area contributed by atoms with Gasteiger partial charge in [-0.25, -0.2) is 9.78 Å². The fourth-order valence-corrected chi connectivity index (χ4v) is 5.52. The van der Waals surface area contributed by atoms with Crippen LogP contribution in [-0.2, 0) is 14.4 Å². The number of rotatable bonds is 10. The van der Waals surface area contributed by atoms with Crippen LogP contribution < -0.4 is 4.74 Å². The van der Waals surface area contributed by atoms with E-state index in [0.717, 1.165) is 17.5 Å². The van der Waals surface area contributed by atoms with E-state index in [0.29, 0.717) is 45.1 Å². The van der Waals surface area contributed by atoms with Crippen LogP contribution >= 0.6 is 11.3 Å². The molecule has 0 radical (unpaired) electrons. The number of thiazole rings is 1. The summed E-state index contributed by atoms with van der Waals surface area (Å²) in [5, 5.41) is 9.42. The largest absolute Gasteiger partial charge is 0.415 e. The summed E-state index contributed by atoms with van der Waals surface area (Å²) in [5.41, 5.74) is 1.47. The normalized spacial score (nSPS) is 14.1. The Balaban J connectivity index is 1.66. The lowest BCUT2D eigenvalue weighted by atomic mass is 9.71. The average Bonchev–Trinajstić information content (AvgIpc) is 3.32. The van der Waals surface area contributed by atoms with Crippen molar-refractivity contribution in [2.24, 2.45) is 5.41 Å². The van der Waals surface area contributed by atoms with Gasteiger partial charge in [-0.15, -0.1) is 11.3 Å². The molecule has 0 saturated heterocycles. The zero-order chi connectivity index (χ0) is 29.8. The van der Waals surface area contributed by atoms with Crippen molar-refractivity contribution in [3.8, 4) is 11.8 Å². The lowest BCUT2D eigenvalue weighted by molar-refractivity contribution is -0.132. The molecule has 1 aliphatic rings. The SMILES string of the molecule is CCCCN(CCN(C)C(=O)CC(C)(C)C1=C(C)C(=O)C(C)=C(C)C1=O)C(=O)Oc1ccc2nc(C#N)sc2c1. The lowest BCUT2D eigenvalue weighted by Crippen LogP contribution is -2.42. The van der Waals surface area contributed by atoms with Crippen LogP contribution in [0, 0.1) is 16.7 Å². The van der Waals surface area contributed by atoms with Crippen LogP contribution in [0.25, 0.3) is 10.2 Å². The molecule has 0 aliphatic heterocycles. The Morgan fingerprint density at radius 2 is 1.73 bits per heavy atom. The van der Waals surface area contributed by atoms with E-state index in [4.69, 9.17) is 10.00 Å². The summed E-state index contributed by atoms with van der Waals surface area (Å²) in [7, 11) is 1.66. The Bertz CT molecular complexity index is 1460. The predicted octanol–water partition coefficient (Wildman–Crippen LogP) is 5.45. The highest BCUT2D eigenvalue weighted by atomic mass is 32.1. The number of fused-ring (bicyclic) bond motifs is 1. The molecule has 9 nitrogen and oxygen atoms in total. The minimum absolute atomic E-state index is 0.0421. The Morgan fingerprint density at radius 1 is 1.05 bits per heavy atom. The number of nitriles is 1. The molecule has 0 unspecified atom stereocenters. The first-order valence-electron chi connectivity index (χ1n) is 13.3. The van der Waals surface area contributed by atoms with Crippen LogP contribution in [0.1, 0.15) is 65.8 Å². The molecule has 0 atom stereocenters. The van der Waals surface area contributed by atoms with Crippen molar-refractivity contribution in [3.63, 3.8) is 0 Å². The number of ketones is 2. The van der Waals surface area contributed by atoms with Gasteiger partial charge in [0, 0.05) is 66.9 Å². The highest BCUT2D eigenvalue weighted by Crippen LogP contribution is 2.39. The highest BCUT2D eigenvalue weighted by Gasteiger charge is 2.38. The first-order chi connectivity index (χ1) is 18.8. The number of nitrogens with zero attached hydrogens (tertiary/aromatic N) is 4. The fraction of sp³-hybridized carbons (Fsp3) is 0.467. The number of allylic oxidation sites excluding steroid dienone is 4. The minimum atomic E-state index is -0.842. The number of aromatic nitrogens is 1. The molecular formula is C30H36N4O5S. The lowest BCUT2D eigenvalue weighted by Gasteiger charge is -2.33. The van der Waals surface area contributed by atoms with Crippen molar-refractivity contribution in [1.82, 2.24) is 14.8 Å². The van der Waals surface area contributed by atoms with E-state index in [2.05, 4.69) is 4.98 Å². The van der Waals surface area contributed by atoms with Gasteiger partial charge in [0.15, 0.2) is 16.6 Å². The molecule has 1 heterocycles. The van der Waals surface area contributed by atoms with E-state index in [1.165, 1.54) is 11.3 Å². The topological polar surface area (TPSA) is 121 Å². The first kappa shape index (κ1) is 30.7. The molecule has 1 aromatic heterocycles. The quantitative estimate of drug-likeness (QED) is 0.352. The standard InChI is InChI=1S/C30H36N4O5S/c1-8-9-12-34(29(38)39-21-10-11-22-23(15-21)40-24(17-31)32-22)14-13-33(7)25(35)16-30(5,6)26-20(4)27(36)18(2)19(3)28(26)37/h10-11,15H,8-9,12-14,16H2,1-7H3. The van der Waals surface area contributed by atoms with Gasteiger partial charge in [-0.2, -0.15) is 5.26 Å². The maximum Gasteiger partial charge on any atom is 0.415 e. The van der Waals surface area contributed by atoms with Crippen LogP contribution in [0.4, 0.5) is 4.79 Å². The van der Waals surface area contributed by atoms with Gasteiger partial charge in [-0.3, -0.25) is 14.4 Å². The van der Waals surface area contributed by atoms with Gasteiger partial charge in [0.25, 0.3) is 0 Å². The van der Waals surface area contributed by atoms with Crippen LogP contribution in [0.2, 0.25) is 0 Å². The van der Waals surface area contributed by atoms with Crippen molar-refractivity contribution in [1.29, 1.82) is 5.26 Å². The fourth-order valence-electron chi connectivity index (χ4n) is 4.73. The summed E-state index contributed by atoms with van der Waals surface area (Å²) in [6, 6.07) is 7.06. The molecule has 2 amide bonds. The van der Waals surface area contributed by atoms with Gasteiger partial charge in [-0.1, -0.05) is 27.2 Å². The molecule has 0 saturated carbocycles. The second-order valence-corrected chi connectivity index (χ2v) is 11.8. The zero-order valence-electron chi connectivity index (χ0n) is 24.2. The molecule has 2 aromatic rings. The van der Waals surface area contributed by atoms with E-state index in [1.54, 1.807) is 69.7 Å². The molecule has 0 bridgehead atoms. The zero-order valence-corrected chi connectivity index (χ0v) is 25.0. The number of unbranched alkanes of at least 4 members (excludes halogenated alkanes) is 1. The van der Waals surface area contributed by atoms with Crippen LogP contribution in [0.3, 0.4) is 0 Å².